The first-order valence-corrected chi connectivity index (χ1v) is 12.8. The molecule has 0 aromatic carbocycles. The maximum atomic E-state index is 13.7. The highest BCUT2D eigenvalue weighted by Gasteiger charge is 2.58. The van der Waals surface area contributed by atoms with E-state index >= 15 is 0 Å². The van der Waals surface area contributed by atoms with Crippen LogP contribution in [0.25, 0.3) is 0 Å². The molecule has 190 valence electrons. The Morgan fingerprint density at radius 3 is 2.24 bits per heavy atom. The van der Waals surface area contributed by atoms with Gasteiger partial charge in [0.1, 0.15) is 16.7 Å². The number of H-pyrrole nitrogens is 1. The minimum absolute atomic E-state index is 0.0807. The summed E-state index contributed by atoms with van der Waals surface area (Å²) in [6.07, 6.45) is -12.1. The molecule has 15 nitrogen and oxygen atoms in total. The first kappa shape index (κ1) is 28.4. The molecule has 0 spiro atoms. The first-order chi connectivity index (χ1) is 14.7. The number of aromatic nitrogens is 2. The molecular weight excluding hydrogens is 557 g/mol. The van der Waals surface area contributed by atoms with Gasteiger partial charge in [-0.1, -0.05) is 12.2 Å². The summed E-state index contributed by atoms with van der Waals surface area (Å²) in [5, 5.41) is 10.0. The molecule has 1 aromatic heterocycles. The number of alkyl halides is 3. The number of aliphatic hydroxyl groups excluding tert-OH is 1. The van der Waals surface area contributed by atoms with E-state index in [1.807, 2.05) is 0 Å². The van der Waals surface area contributed by atoms with Gasteiger partial charge in [-0.25, -0.2) is 22.9 Å². The lowest BCUT2D eigenvalue weighted by Gasteiger charge is -2.24. The highest BCUT2D eigenvalue weighted by molar-refractivity contribution is 7.71. The Hall–Kier alpha value is -0.850. The Morgan fingerprint density at radius 2 is 1.73 bits per heavy atom. The molecule has 1 aliphatic rings. The summed E-state index contributed by atoms with van der Waals surface area (Å²) < 4.78 is 103. The van der Waals surface area contributed by atoms with Crippen molar-refractivity contribution >= 4 is 35.7 Å². The van der Waals surface area contributed by atoms with Crippen LogP contribution < -0.4 is 5.69 Å². The monoisotopic (exact) mass is 570 g/mol. The maximum Gasteiger partial charge on any atom is 0.490 e. The summed E-state index contributed by atoms with van der Waals surface area (Å²) in [5.74, 6) is -4.21. The number of nitrogens with zero attached hydrogens (tertiary/aromatic N) is 1. The quantitative estimate of drug-likeness (QED) is 0.145. The molecule has 1 aromatic rings. The van der Waals surface area contributed by atoms with Gasteiger partial charge in [-0.2, -0.15) is 21.8 Å². The lowest BCUT2D eigenvalue weighted by atomic mass is 9.99. The molecule has 0 amide bonds. The molecule has 1 saturated heterocycles. The Balaban J connectivity index is 2.25. The zero-order chi connectivity index (χ0) is 25.6. The van der Waals surface area contributed by atoms with Gasteiger partial charge in [0.15, 0.2) is 12.0 Å². The van der Waals surface area contributed by atoms with Gasteiger partial charge in [-0.3, -0.25) is 14.1 Å². The van der Waals surface area contributed by atoms with Gasteiger partial charge in [0.25, 0.3) is 0 Å². The largest absolute Gasteiger partial charge is 0.490 e. The average molecular weight is 570 g/mol. The molecule has 0 saturated carbocycles. The summed E-state index contributed by atoms with van der Waals surface area (Å²) in [4.78, 5) is 48.9. The van der Waals surface area contributed by atoms with Crippen LogP contribution in [0.4, 0.5) is 17.6 Å². The molecule has 1 aliphatic heterocycles. The van der Waals surface area contributed by atoms with Gasteiger partial charge in [-0.15, -0.1) is 0 Å². The highest BCUT2D eigenvalue weighted by atomic mass is 32.1. The molecule has 33 heavy (non-hydrogen) atoms. The molecular formula is C10H13F4N2O13P3S. The van der Waals surface area contributed by atoms with Crippen LogP contribution in [0.15, 0.2) is 11.0 Å². The molecule has 0 aliphatic carbocycles. The fourth-order valence-electron chi connectivity index (χ4n) is 2.60. The van der Waals surface area contributed by atoms with E-state index < -0.39 is 76.8 Å². The van der Waals surface area contributed by atoms with Crippen molar-refractivity contribution in [2.45, 2.75) is 24.6 Å². The molecule has 2 rings (SSSR count). The Morgan fingerprint density at radius 1 is 1.15 bits per heavy atom. The third-order valence-corrected chi connectivity index (χ3v) is 7.86. The number of nitrogens with one attached hydrogen (secondary N) is 1. The molecule has 0 bridgehead atoms. The Labute approximate surface area is 184 Å². The molecule has 6 atom stereocenters. The SMILES string of the molecule is O=c1[nH]c(=S)c(F)cn1[C@@H]1O[C@H](COP(=O)(O)OP(=O)(O)OP(=O)(O)O)C(O)[C@@H]1C(F)(F)F. The minimum Gasteiger partial charge on any atom is -0.389 e. The lowest BCUT2D eigenvalue weighted by molar-refractivity contribution is -0.211. The molecule has 1 fully saturated rings. The van der Waals surface area contributed by atoms with Crippen molar-refractivity contribution in [1.82, 2.24) is 9.55 Å². The number of phosphoric ester groups is 1. The number of rotatable bonds is 8. The van der Waals surface area contributed by atoms with Gasteiger partial charge in [-0.05, 0) is 0 Å². The van der Waals surface area contributed by atoms with Crippen molar-refractivity contribution in [1.29, 1.82) is 0 Å². The van der Waals surface area contributed by atoms with Gasteiger partial charge < -0.3 is 29.4 Å². The molecule has 6 N–H and O–H groups in total. The second-order valence-corrected chi connectivity index (χ2v) is 11.0. The fraction of sp³-hybridized carbons (Fsp3) is 0.600. The van der Waals surface area contributed by atoms with E-state index in [0.29, 0.717) is 0 Å². The second-order valence-electron chi connectivity index (χ2n) is 6.15. The number of halogens is 4. The smallest absolute Gasteiger partial charge is 0.389 e. The molecule has 3 unspecified atom stereocenters. The fourth-order valence-corrected chi connectivity index (χ4v) is 5.77. The van der Waals surface area contributed by atoms with Crippen LogP contribution in [0.1, 0.15) is 6.23 Å². The van der Waals surface area contributed by atoms with Crippen molar-refractivity contribution in [2.75, 3.05) is 6.61 Å². The summed E-state index contributed by atoms with van der Waals surface area (Å²) >= 11 is 4.43. The van der Waals surface area contributed by atoms with E-state index in [-0.39, 0.29) is 10.8 Å². The van der Waals surface area contributed by atoms with E-state index in [1.165, 1.54) is 0 Å². The van der Waals surface area contributed by atoms with Crippen LogP contribution in [0.2, 0.25) is 0 Å². The summed E-state index contributed by atoms with van der Waals surface area (Å²) in [5.41, 5.74) is -1.36. The van der Waals surface area contributed by atoms with Crippen molar-refractivity contribution in [3.8, 4) is 0 Å². The molecule has 0 radical (unpaired) electrons. The zero-order valence-corrected chi connectivity index (χ0v) is 18.8. The van der Waals surface area contributed by atoms with Gasteiger partial charge in [0.05, 0.1) is 18.9 Å². The number of ether oxygens (including phenoxy) is 1. The number of hydrogen-bond acceptors (Lipinski definition) is 10. The number of hydrogen-bond donors (Lipinski definition) is 6. The van der Waals surface area contributed by atoms with Crippen LogP contribution in [-0.2, 0) is 31.6 Å². The predicted molar refractivity (Wildman–Crippen MR) is 95.1 cm³/mol. The van der Waals surface area contributed by atoms with Crippen LogP contribution in [-0.4, -0.2) is 59.2 Å². The van der Waals surface area contributed by atoms with E-state index in [9.17, 15) is 46.1 Å². The van der Waals surface area contributed by atoms with Crippen molar-refractivity contribution < 1.29 is 73.8 Å². The number of aromatic amines is 1. The Bertz CT molecular complexity index is 1150. The van der Waals surface area contributed by atoms with Crippen LogP contribution >= 0.6 is 35.7 Å². The van der Waals surface area contributed by atoms with Gasteiger partial charge in [0, 0.05) is 0 Å². The van der Waals surface area contributed by atoms with Gasteiger partial charge in [0.2, 0.25) is 0 Å². The van der Waals surface area contributed by atoms with Gasteiger partial charge >= 0.3 is 35.3 Å². The lowest BCUT2D eigenvalue weighted by Crippen LogP contribution is -2.41. The average Bonchev–Trinajstić information content (AvgIpc) is 2.89. The second kappa shape index (κ2) is 9.66. The van der Waals surface area contributed by atoms with Crippen molar-refractivity contribution in [3.63, 3.8) is 0 Å². The van der Waals surface area contributed by atoms with E-state index in [2.05, 4.69) is 25.4 Å². The number of phosphoric acid groups is 3. The maximum absolute atomic E-state index is 13.7. The molecule has 2 heterocycles. The highest BCUT2D eigenvalue weighted by Crippen LogP contribution is 2.66. The standard InChI is InChI=1S/C10H13F4N2O13P3S/c11-3-1-16(9(18)15-7(3)33)8-5(10(12,13)14)6(17)4(27-8)2-26-31(22,23)29-32(24,25)28-30(19,20)21/h1,4-6,8,17H,2H2,(H,22,23)(H,24,25)(H,15,18,33)(H2,19,20,21)/t4-,5+,6?,8-/m1/s1. The van der Waals surface area contributed by atoms with Crippen LogP contribution in [0.3, 0.4) is 0 Å². The van der Waals surface area contributed by atoms with Crippen molar-refractivity contribution in [3.05, 3.63) is 27.1 Å². The third-order valence-electron chi connectivity index (χ3n) is 3.76. The topological polar surface area (TPSA) is 227 Å². The Kier molecular flexibility index (Phi) is 8.31. The summed E-state index contributed by atoms with van der Waals surface area (Å²) in [6.45, 7) is -1.45. The number of aliphatic hydroxyl groups is 1. The minimum atomic E-state index is -5.91. The third kappa shape index (κ3) is 7.57. The zero-order valence-electron chi connectivity index (χ0n) is 15.3. The molecule has 23 heteroatoms. The first-order valence-electron chi connectivity index (χ1n) is 7.92. The van der Waals surface area contributed by atoms with Crippen LogP contribution in [0, 0.1) is 16.4 Å². The van der Waals surface area contributed by atoms with E-state index in [0.717, 1.165) is 0 Å². The van der Waals surface area contributed by atoms with Crippen molar-refractivity contribution in [2.24, 2.45) is 5.92 Å². The summed E-state index contributed by atoms with van der Waals surface area (Å²) in [7, 11) is -17.4. The van der Waals surface area contributed by atoms with E-state index in [1.54, 1.807) is 4.98 Å². The normalized spacial score (nSPS) is 27.8. The predicted octanol–water partition coefficient (Wildman–Crippen LogP) is 0.825. The van der Waals surface area contributed by atoms with Crippen LogP contribution in [0.5, 0.6) is 0 Å². The summed E-state index contributed by atoms with van der Waals surface area (Å²) in [6, 6.07) is 0. The van der Waals surface area contributed by atoms with E-state index in [4.69, 9.17) is 19.4 Å².